The number of hydrogen-bond acceptors (Lipinski definition) is 3. The normalized spacial score (nSPS) is 12.1. The molecule has 0 unspecified atom stereocenters. The van der Waals surface area contributed by atoms with Crippen LogP contribution in [-0.4, -0.2) is 27.2 Å². The number of nitrogens with zero attached hydrogens (tertiary/aromatic N) is 3. The van der Waals surface area contributed by atoms with Crippen molar-refractivity contribution in [1.82, 2.24) is 19.6 Å². The molecule has 0 saturated heterocycles. The van der Waals surface area contributed by atoms with Crippen molar-refractivity contribution in [1.29, 1.82) is 0 Å². The number of aromatic nitrogens is 2. The lowest BCUT2D eigenvalue weighted by Crippen LogP contribution is -2.29. The molecule has 0 saturated carbocycles. The highest BCUT2D eigenvalue weighted by Gasteiger charge is 2.23. The fourth-order valence-electron chi connectivity index (χ4n) is 3.91. The van der Waals surface area contributed by atoms with Crippen molar-refractivity contribution >= 4 is 11.6 Å². The number of nitrogens with one attached hydrogen (secondary N) is 1. The van der Waals surface area contributed by atoms with Gasteiger partial charge in [0.05, 0.1) is 5.69 Å². The van der Waals surface area contributed by atoms with Crippen LogP contribution < -0.4 is 5.32 Å². The number of benzene rings is 2. The van der Waals surface area contributed by atoms with Crippen molar-refractivity contribution in [3.63, 3.8) is 0 Å². The Bertz CT molecular complexity index is 1190. The molecule has 6 heteroatoms. The summed E-state index contributed by atoms with van der Waals surface area (Å²) in [4.78, 5) is 19.7. The summed E-state index contributed by atoms with van der Waals surface area (Å²) in [5.74, 6) is -0.371. The van der Waals surface area contributed by atoms with Gasteiger partial charge in [-0.05, 0) is 41.8 Å². The zero-order valence-corrected chi connectivity index (χ0v) is 18.3. The molecule has 4 rings (SSSR count). The second kappa shape index (κ2) is 9.75. The van der Waals surface area contributed by atoms with E-state index in [0.29, 0.717) is 18.8 Å². The van der Waals surface area contributed by atoms with Crippen LogP contribution in [0.15, 0.2) is 79.0 Å². The van der Waals surface area contributed by atoms with Gasteiger partial charge in [0.1, 0.15) is 11.5 Å². The molecule has 1 atom stereocenters. The minimum absolute atomic E-state index is 0.0369. The van der Waals surface area contributed by atoms with Crippen LogP contribution in [0.3, 0.4) is 0 Å². The lowest BCUT2D eigenvalue weighted by atomic mass is 10.0. The van der Waals surface area contributed by atoms with Gasteiger partial charge in [-0.15, -0.1) is 0 Å². The van der Waals surface area contributed by atoms with E-state index in [0.717, 1.165) is 28.9 Å². The maximum Gasteiger partial charge on any atom is 0.274 e. The van der Waals surface area contributed by atoms with Crippen molar-refractivity contribution in [3.8, 4) is 0 Å². The topological polar surface area (TPSA) is 49.6 Å². The van der Waals surface area contributed by atoms with E-state index in [1.807, 2.05) is 59.1 Å². The Hall–Kier alpha value is -3.51. The number of amides is 1. The van der Waals surface area contributed by atoms with Gasteiger partial charge in [-0.25, -0.2) is 9.37 Å². The van der Waals surface area contributed by atoms with E-state index >= 15 is 0 Å². The molecule has 0 radical (unpaired) electrons. The lowest BCUT2D eigenvalue weighted by Gasteiger charge is -2.19. The van der Waals surface area contributed by atoms with Crippen molar-refractivity contribution in [2.45, 2.75) is 32.5 Å². The third-order valence-corrected chi connectivity index (χ3v) is 5.64. The Kier molecular flexibility index (Phi) is 6.61. The van der Waals surface area contributed by atoms with Gasteiger partial charge in [-0.2, -0.15) is 0 Å². The highest BCUT2D eigenvalue weighted by atomic mass is 19.1. The first-order valence-corrected chi connectivity index (χ1v) is 10.8. The monoisotopic (exact) mass is 430 g/mol. The second-order valence-electron chi connectivity index (χ2n) is 7.88. The third-order valence-electron chi connectivity index (χ3n) is 5.64. The van der Waals surface area contributed by atoms with E-state index in [2.05, 4.69) is 17.2 Å². The van der Waals surface area contributed by atoms with Gasteiger partial charge in [0.15, 0.2) is 5.69 Å². The Morgan fingerprint density at radius 2 is 1.78 bits per heavy atom. The van der Waals surface area contributed by atoms with Crippen LogP contribution in [0.4, 0.5) is 4.39 Å². The molecule has 5 nitrogen and oxygen atoms in total. The summed E-state index contributed by atoms with van der Waals surface area (Å²) in [5, 5.41) is 3.53. The fourth-order valence-corrected chi connectivity index (χ4v) is 3.91. The summed E-state index contributed by atoms with van der Waals surface area (Å²) in [6.07, 6.45) is 2.76. The summed E-state index contributed by atoms with van der Waals surface area (Å²) in [7, 11) is 1.80. The highest BCUT2D eigenvalue weighted by Crippen LogP contribution is 2.20. The molecular weight excluding hydrogens is 403 g/mol. The summed E-state index contributed by atoms with van der Waals surface area (Å²) in [6.45, 7) is 3.05. The summed E-state index contributed by atoms with van der Waals surface area (Å²) >= 11 is 0. The molecule has 32 heavy (non-hydrogen) atoms. The molecule has 164 valence electrons. The molecule has 0 aliphatic rings. The smallest absolute Gasteiger partial charge is 0.274 e. The molecule has 0 fully saturated rings. The van der Waals surface area contributed by atoms with Gasteiger partial charge < -0.3 is 14.6 Å². The zero-order chi connectivity index (χ0) is 22.5. The molecule has 1 N–H and O–H groups in total. The Morgan fingerprint density at radius 3 is 2.50 bits per heavy atom. The number of halogens is 1. The van der Waals surface area contributed by atoms with Crippen LogP contribution >= 0.6 is 0 Å². The molecule has 2 aromatic carbocycles. The van der Waals surface area contributed by atoms with Gasteiger partial charge >= 0.3 is 0 Å². The molecule has 2 aromatic heterocycles. The van der Waals surface area contributed by atoms with Crippen LogP contribution in [0.2, 0.25) is 0 Å². The second-order valence-corrected chi connectivity index (χ2v) is 7.88. The average Bonchev–Trinajstić information content (AvgIpc) is 3.19. The average molecular weight is 431 g/mol. The Labute approximate surface area is 187 Å². The number of rotatable bonds is 8. The third kappa shape index (κ3) is 4.70. The molecule has 4 aromatic rings. The van der Waals surface area contributed by atoms with E-state index in [1.165, 1.54) is 12.1 Å². The highest BCUT2D eigenvalue weighted by molar-refractivity contribution is 5.94. The largest absolute Gasteiger partial charge is 0.336 e. The first-order chi connectivity index (χ1) is 15.6. The van der Waals surface area contributed by atoms with Crippen LogP contribution in [0, 0.1) is 5.82 Å². The van der Waals surface area contributed by atoms with Gasteiger partial charge in [0.2, 0.25) is 0 Å². The van der Waals surface area contributed by atoms with Crippen LogP contribution in [-0.2, 0) is 13.1 Å². The first kappa shape index (κ1) is 21.7. The van der Waals surface area contributed by atoms with Gasteiger partial charge in [-0.1, -0.05) is 55.5 Å². The Morgan fingerprint density at radius 1 is 1.06 bits per heavy atom. The zero-order valence-electron chi connectivity index (χ0n) is 18.3. The molecule has 0 bridgehead atoms. The van der Waals surface area contributed by atoms with Crippen LogP contribution in [0.1, 0.15) is 46.7 Å². The lowest BCUT2D eigenvalue weighted by molar-refractivity contribution is 0.0778. The van der Waals surface area contributed by atoms with Gasteiger partial charge in [0.25, 0.3) is 5.91 Å². The number of imidazole rings is 1. The van der Waals surface area contributed by atoms with Crippen molar-refractivity contribution in [2.75, 3.05) is 7.05 Å². The molecule has 2 heterocycles. The van der Waals surface area contributed by atoms with E-state index in [9.17, 15) is 9.18 Å². The summed E-state index contributed by atoms with van der Waals surface area (Å²) in [6, 6.07) is 22.2. The minimum Gasteiger partial charge on any atom is -0.336 e. The molecular formula is C26H27FN4O. The van der Waals surface area contributed by atoms with Crippen molar-refractivity contribution in [2.24, 2.45) is 0 Å². The van der Waals surface area contributed by atoms with E-state index in [-0.39, 0.29) is 17.8 Å². The standard InChI is InChI=1S/C26H27FN4O/c1-3-22(20-12-14-21(27)15-13-20)28-17-23-25(29-24-11-7-8-16-31(23)24)26(32)30(2)18-19-9-5-4-6-10-19/h4-16,22,28H,3,17-18H2,1-2H3/t22-/m1/s1. The number of carbonyl (C=O) groups excluding carboxylic acids is 1. The van der Waals surface area contributed by atoms with E-state index in [1.54, 1.807) is 24.1 Å². The van der Waals surface area contributed by atoms with Gasteiger partial charge in [0, 0.05) is 32.4 Å². The first-order valence-electron chi connectivity index (χ1n) is 10.8. The molecule has 1 amide bonds. The van der Waals surface area contributed by atoms with Crippen molar-refractivity contribution < 1.29 is 9.18 Å². The molecule has 0 aliphatic carbocycles. The van der Waals surface area contributed by atoms with Crippen molar-refractivity contribution in [3.05, 3.63) is 107 Å². The van der Waals surface area contributed by atoms with Crippen LogP contribution in [0.25, 0.3) is 5.65 Å². The SMILES string of the molecule is CC[C@@H](NCc1c(C(=O)N(C)Cc2ccccc2)nc2ccccn12)c1ccc(F)cc1. The summed E-state index contributed by atoms with van der Waals surface area (Å²) in [5.41, 5.74) is 4.06. The minimum atomic E-state index is -0.250. The number of carbonyl (C=O) groups is 1. The summed E-state index contributed by atoms with van der Waals surface area (Å²) < 4.78 is 15.3. The fraction of sp³-hybridized carbons (Fsp3) is 0.231. The maximum atomic E-state index is 13.3. The van der Waals surface area contributed by atoms with Gasteiger partial charge in [-0.3, -0.25) is 4.79 Å². The number of fused-ring (bicyclic) bond motifs is 1. The number of hydrogen-bond donors (Lipinski definition) is 1. The predicted octanol–water partition coefficient (Wildman–Crippen LogP) is 4.99. The number of pyridine rings is 1. The Balaban J connectivity index is 1.59. The predicted molar refractivity (Wildman–Crippen MR) is 124 cm³/mol. The maximum absolute atomic E-state index is 13.3. The van der Waals surface area contributed by atoms with Crippen LogP contribution in [0.5, 0.6) is 0 Å². The molecule has 0 aliphatic heterocycles. The van der Waals surface area contributed by atoms with E-state index in [4.69, 9.17) is 0 Å². The molecule has 0 spiro atoms. The van der Waals surface area contributed by atoms with E-state index < -0.39 is 0 Å². The quantitative estimate of drug-likeness (QED) is 0.429.